The van der Waals surface area contributed by atoms with E-state index in [1.165, 1.54) is 0 Å². The number of piperazine rings is 1. The van der Waals surface area contributed by atoms with E-state index in [0.29, 0.717) is 5.75 Å². The zero-order valence-electron chi connectivity index (χ0n) is 13.5. The highest BCUT2D eigenvalue weighted by Gasteiger charge is 2.34. The molecule has 0 amide bonds. The summed E-state index contributed by atoms with van der Waals surface area (Å²) in [5, 5.41) is 20.7. The molecule has 0 spiro atoms. The molecule has 1 heterocycles. The Balaban J connectivity index is 1.53. The van der Waals surface area contributed by atoms with Gasteiger partial charge in [-0.1, -0.05) is 19.1 Å². The standard InChI is InChI=1S/C18H28N2O2/c1-15-6-8-18(22,9-7-15)14-19-10-12-20(13-11-19)16-4-2-3-5-17(16)21/h2-5,15,21-22H,6-14H2,1H3. The first kappa shape index (κ1) is 15.6. The molecule has 4 heteroatoms. The number of phenolic OH excluding ortho intramolecular Hbond substituents is 1. The molecule has 0 radical (unpaired) electrons. The lowest BCUT2D eigenvalue weighted by atomic mass is 9.79. The van der Waals surface area contributed by atoms with Gasteiger partial charge in [-0.2, -0.15) is 0 Å². The van der Waals surface area contributed by atoms with E-state index in [2.05, 4.69) is 16.7 Å². The SMILES string of the molecule is CC1CCC(O)(CN2CCN(c3ccccc3O)CC2)CC1. The fraction of sp³-hybridized carbons (Fsp3) is 0.667. The van der Waals surface area contributed by atoms with Gasteiger partial charge in [-0.15, -0.1) is 0 Å². The highest BCUT2D eigenvalue weighted by atomic mass is 16.3. The van der Waals surface area contributed by atoms with Crippen LogP contribution >= 0.6 is 0 Å². The third-order valence-corrected chi connectivity index (χ3v) is 5.32. The molecule has 2 aliphatic rings. The lowest BCUT2D eigenvalue weighted by Gasteiger charge is -2.42. The van der Waals surface area contributed by atoms with Crippen molar-refractivity contribution in [2.24, 2.45) is 5.92 Å². The monoisotopic (exact) mass is 304 g/mol. The van der Waals surface area contributed by atoms with Crippen LogP contribution in [0.25, 0.3) is 0 Å². The van der Waals surface area contributed by atoms with Gasteiger partial charge in [0.1, 0.15) is 5.75 Å². The molecule has 22 heavy (non-hydrogen) atoms. The summed E-state index contributed by atoms with van der Waals surface area (Å²) in [6, 6.07) is 7.54. The van der Waals surface area contributed by atoms with E-state index < -0.39 is 5.60 Å². The van der Waals surface area contributed by atoms with Gasteiger partial charge in [-0.3, -0.25) is 4.90 Å². The van der Waals surface area contributed by atoms with Crippen LogP contribution in [0.3, 0.4) is 0 Å². The number of β-amino-alcohol motifs (C(OH)–C–C–N with tert-alkyl or cyclic N) is 1. The molecule has 0 aromatic heterocycles. The van der Waals surface area contributed by atoms with E-state index in [0.717, 1.165) is 70.0 Å². The number of rotatable bonds is 3. The van der Waals surface area contributed by atoms with Crippen LogP contribution in [0.1, 0.15) is 32.6 Å². The first-order chi connectivity index (χ1) is 10.6. The molecule has 122 valence electrons. The Morgan fingerprint density at radius 1 is 1.09 bits per heavy atom. The smallest absolute Gasteiger partial charge is 0.138 e. The minimum absolute atomic E-state index is 0.357. The van der Waals surface area contributed by atoms with Crippen LogP contribution in [0.4, 0.5) is 5.69 Å². The van der Waals surface area contributed by atoms with Gasteiger partial charge in [-0.05, 0) is 43.7 Å². The second-order valence-electron chi connectivity index (χ2n) is 7.16. The average molecular weight is 304 g/mol. The fourth-order valence-corrected chi connectivity index (χ4v) is 3.75. The van der Waals surface area contributed by atoms with Crippen molar-refractivity contribution >= 4 is 5.69 Å². The van der Waals surface area contributed by atoms with Crippen LogP contribution in [0, 0.1) is 5.92 Å². The van der Waals surface area contributed by atoms with Gasteiger partial charge in [0, 0.05) is 32.7 Å². The number of phenols is 1. The minimum Gasteiger partial charge on any atom is -0.506 e. The lowest BCUT2D eigenvalue weighted by Crippen LogP contribution is -2.52. The summed E-state index contributed by atoms with van der Waals surface area (Å²) in [6.45, 7) is 6.80. The summed E-state index contributed by atoms with van der Waals surface area (Å²) >= 11 is 0. The van der Waals surface area contributed by atoms with Crippen molar-refractivity contribution in [3.05, 3.63) is 24.3 Å². The van der Waals surface area contributed by atoms with Gasteiger partial charge in [0.05, 0.1) is 11.3 Å². The predicted octanol–water partition coefficient (Wildman–Crippen LogP) is 2.46. The maximum Gasteiger partial charge on any atom is 0.138 e. The number of aromatic hydroxyl groups is 1. The van der Waals surface area contributed by atoms with Gasteiger partial charge in [0.25, 0.3) is 0 Å². The minimum atomic E-state index is -0.483. The number of nitrogens with zero attached hydrogens (tertiary/aromatic N) is 2. The van der Waals surface area contributed by atoms with Crippen LogP contribution in [0.2, 0.25) is 0 Å². The van der Waals surface area contributed by atoms with Crippen LogP contribution in [0.5, 0.6) is 5.75 Å². The summed E-state index contributed by atoms with van der Waals surface area (Å²) < 4.78 is 0. The van der Waals surface area contributed by atoms with Crippen molar-refractivity contribution in [1.82, 2.24) is 4.90 Å². The molecular formula is C18H28N2O2. The summed E-state index contributed by atoms with van der Waals surface area (Å²) in [6.07, 6.45) is 4.17. The summed E-state index contributed by atoms with van der Waals surface area (Å²) in [7, 11) is 0. The van der Waals surface area contributed by atoms with Crippen LogP contribution in [0.15, 0.2) is 24.3 Å². The Kier molecular flexibility index (Phi) is 4.59. The second kappa shape index (κ2) is 6.47. The Bertz CT molecular complexity index is 490. The normalized spacial score (nSPS) is 30.5. The number of aliphatic hydroxyl groups is 1. The first-order valence-corrected chi connectivity index (χ1v) is 8.53. The largest absolute Gasteiger partial charge is 0.506 e. The number of para-hydroxylation sites is 2. The molecule has 0 bridgehead atoms. The molecule has 1 aromatic carbocycles. The number of anilines is 1. The topological polar surface area (TPSA) is 46.9 Å². The Morgan fingerprint density at radius 2 is 1.73 bits per heavy atom. The van der Waals surface area contributed by atoms with Crippen LogP contribution in [-0.4, -0.2) is 53.4 Å². The van der Waals surface area contributed by atoms with Gasteiger partial charge >= 0.3 is 0 Å². The second-order valence-corrected chi connectivity index (χ2v) is 7.16. The molecule has 3 rings (SSSR count). The van der Waals surface area contributed by atoms with E-state index in [9.17, 15) is 10.2 Å². The molecule has 1 aliphatic heterocycles. The van der Waals surface area contributed by atoms with E-state index in [-0.39, 0.29) is 0 Å². The fourth-order valence-electron chi connectivity index (χ4n) is 3.75. The lowest BCUT2D eigenvalue weighted by molar-refractivity contribution is -0.0359. The van der Waals surface area contributed by atoms with Gasteiger partial charge in [0.15, 0.2) is 0 Å². The number of hydrogen-bond donors (Lipinski definition) is 2. The molecule has 0 unspecified atom stereocenters. The Hall–Kier alpha value is -1.26. The third-order valence-electron chi connectivity index (χ3n) is 5.32. The van der Waals surface area contributed by atoms with Crippen molar-refractivity contribution < 1.29 is 10.2 Å². The molecule has 1 saturated heterocycles. The van der Waals surface area contributed by atoms with Crippen LogP contribution < -0.4 is 4.90 Å². The van der Waals surface area contributed by atoms with Gasteiger partial charge in [-0.25, -0.2) is 0 Å². The molecule has 0 atom stereocenters. The molecular weight excluding hydrogens is 276 g/mol. The zero-order valence-corrected chi connectivity index (χ0v) is 13.5. The average Bonchev–Trinajstić information content (AvgIpc) is 2.52. The zero-order chi connectivity index (χ0) is 15.6. The van der Waals surface area contributed by atoms with Crippen molar-refractivity contribution in [2.75, 3.05) is 37.6 Å². The van der Waals surface area contributed by atoms with E-state index >= 15 is 0 Å². The predicted molar refractivity (Wildman–Crippen MR) is 89.3 cm³/mol. The van der Waals surface area contributed by atoms with Crippen molar-refractivity contribution in [2.45, 2.75) is 38.2 Å². The van der Waals surface area contributed by atoms with Gasteiger partial charge < -0.3 is 15.1 Å². The maximum absolute atomic E-state index is 10.8. The number of benzene rings is 1. The Morgan fingerprint density at radius 3 is 2.36 bits per heavy atom. The van der Waals surface area contributed by atoms with E-state index in [1.807, 2.05) is 18.2 Å². The Labute approximate surface area is 133 Å². The molecule has 4 nitrogen and oxygen atoms in total. The molecule has 2 N–H and O–H groups in total. The maximum atomic E-state index is 10.8. The van der Waals surface area contributed by atoms with E-state index in [4.69, 9.17) is 0 Å². The molecule has 1 aliphatic carbocycles. The van der Waals surface area contributed by atoms with Crippen molar-refractivity contribution in [3.8, 4) is 5.75 Å². The summed E-state index contributed by atoms with van der Waals surface area (Å²) in [4.78, 5) is 4.62. The molecule has 1 aromatic rings. The van der Waals surface area contributed by atoms with E-state index in [1.54, 1.807) is 6.07 Å². The highest BCUT2D eigenvalue weighted by Crippen LogP contribution is 2.33. The van der Waals surface area contributed by atoms with Crippen LogP contribution in [-0.2, 0) is 0 Å². The molecule has 1 saturated carbocycles. The quantitative estimate of drug-likeness (QED) is 0.900. The third kappa shape index (κ3) is 3.55. The van der Waals surface area contributed by atoms with Gasteiger partial charge in [0.2, 0.25) is 0 Å². The first-order valence-electron chi connectivity index (χ1n) is 8.53. The summed E-state index contributed by atoms with van der Waals surface area (Å²) in [5.74, 6) is 1.12. The molecule has 2 fully saturated rings. The summed E-state index contributed by atoms with van der Waals surface area (Å²) in [5.41, 5.74) is 0.441. The van der Waals surface area contributed by atoms with Crippen molar-refractivity contribution in [1.29, 1.82) is 0 Å². The van der Waals surface area contributed by atoms with Crippen molar-refractivity contribution in [3.63, 3.8) is 0 Å². The number of hydrogen-bond acceptors (Lipinski definition) is 4. The highest BCUT2D eigenvalue weighted by molar-refractivity contribution is 5.57.